The molecule has 2 rings (SSSR count). The summed E-state index contributed by atoms with van der Waals surface area (Å²) >= 11 is 3.81. The van der Waals surface area contributed by atoms with Crippen molar-refractivity contribution in [3.05, 3.63) is 28.3 Å². The molecule has 86 valence electrons. The van der Waals surface area contributed by atoms with Crippen LogP contribution in [0.5, 0.6) is 5.75 Å². The Balaban J connectivity index is 2.42. The van der Waals surface area contributed by atoms with Crippen molar-refractivity contribution in [2.45, 2.75) is 12.1 Å². The molecule has 0 aromatic heterocycles. The maximum Gasteiger partial charge on any atom is 0.318 e. The molecule has 1 unspecified atom stereocenters. The summed E-state index contributed by atoms with van der Waals surface area (Å²) in [4.78, 5) is 10.5. The number of ether oxygens (including phenoxy) is 1. The van der Waals surface area contributed by atoms with Crippen LogP contribution in [0.15, 0.2) is 18.2 Å². The number of fused-ring (bicyclic) bond motifs is 1. The van der Waals surface area contributed by atoms with Gasteiger partial charge >= 0.3 is 6.55 Å². The van der Waals surface area contributed by atoms with E-state index in [1.54, 1.807) is 0 Å². The molecule has 1 atom stereocenters. The second kappa shape index (κ2) is 3.78. The summed E-state index contributed by atoms with van der Waals surface area (Å²) in [5.41, 5.74) is -1.24. The molecule has 5 nitrogen and oxygen atoms in total. The number of hydrogen-bond donors (Lipinski definition) is 1. The highest BCUT2D eigenvalue weighted by atomic mass is 32.1. The molecule has 1 aliphatic heterocycles. The Bertz CT molecular complexity index is 443. The molecule has 0 aliphatic carbocycles. The molecule has 0 spiro atoms. The minimum Gasteiger partial charge on any atom is -0.459 e. The highest BCUT2D eigenvalue weighted by Gasteiger charge is 2.35. The lowest BCUT2D eigenvalue weighted by Crippen LogP contribution is -2.34. The Labute approximate surface area is 94.2 Å². The zero-order valence-corrected chi connectivity index (χ0v) is 8.60. The van der Waals surface area contributed by atoms with Gasteiger partial charge in [0.15, 0.2) is 5.75 Å². The van der Waals surface area contributed by atoms with Crippen molar-refractivity contribution < 1.29 is 18.4 Å². The minimum absolute atomic E-state index is 0.0366. The van der Waals surface area contributed by atoms with Crippen LogP contribution in [0.2, 0.25) is 0 Å². The number of nitrogens with zero attached hydrogens (tertiary/aromatic N) is 2. The molecular formula is C8H6F2N2O3S. The van der Waals surface area contributed by atoms with Crippen molar-refractivity contribution in [2.75, 3.05) is 4.90 Å². The first kappa shape index (κ1) is 10.9. The molecule has 8 heteroatoms. The van der Waals surface area contributed by atoms with Crippen molar-refractivity contribution in [2.24, 2.45) is 0 Å². The number of nitro benzene ring substituents is 1. The Morgan fingerprint density at radius 2 is 2.25 bits per heavy atom. The number of nitro groups is 1. The molecule has 16 heavy (non-hydrogen) atoms. The minimum atomic E-state index is -2.77. The van der Waals surface area contributed by atoms with Gasteiger partial charge in [-0.2, -0.15) is 8.78 Å². The van der Waals surface area contributed by atoms with Gasteiger partial charge in [0.25, 0.3) is 5.69 Å². The van der Waals surface area contributed by atoms with Gasteiger partial charge in [-0.1, -0.05) is 0 Å². The Kier molecular flexibility index (Phi) is 2.58. The predicted octanol–water partition coefficient (Wildman–Crippen LogP) is 2.23. The van der Waals surface area contributed by atoms with Gasteiger partial charge < -0.3 is 4.74 Å². The molecule has 1 aromatic carbocycles. The quantitative estimate of drug-likeness (QED) is 0.377. The van der Waals surface area contributed by atoms with E-state index in [9.17, 15) is 18.9 Å². The van der Waals surface area contributed by atoms with Crippen molar-refractivity contribution in [1.82, 2.24) is 0 Å². The van der Waals surface area contributed by atoms with Crippen LogP contribution in [0.25, 0.3) is 0 Å². The third kappa shape index (κ3) is 1.64. The van der Waals surface area contributed by atoms with Crippen LogP contribution < -0.4 is 9.64 Å². The summed E-state index contributed by atoms with van der Waals surface area (Å²) in [5.74, 6) is 0.0366. The average Bonchev–Trinajstić information content (AvgIpc) is 2.51. The Morgan fingerprint density at radius 1 is 1.56 bits per heavy atom. The predicted molar refractivity (Wildman–Crippen MR) is 55.0 cm³/mol. The van der Waals surface area contributed by atoms with Gasteiger partial charge in [0.05, 0.1) is 16.7 Å². The van der Waals surface area contributed by atoms with Crippen LogP contribution >= 0.6 is 12.6 Å². The topological polar surface area (TPSA) is 55.6 Å². The highest BCUT2D eigenvalue weighted by Crippen LogP contribution is 2.41. The maximum atomic E-state index is 12.6. The lowest BCUT2D eigenvalue weighted by molar-refractivity contribution is -0.384. The lowest BCUT2D eigenvalue weighted by Gasteiger charge is -2.19. The van der Waals surface area contributed by atoms with Crippen LogP contribution in [0.1, 0.15) is 0 Å². The molecule has 0 saturated heterocycles. The third-order valence-electron chi connectivity index (χ3n) is 2.11. The van der Waals surface area contributed by atoms with Gasteiger partial charge in [0.2, 0.25) is 5.56 Å². The number of anilines is 1. The summed E-state index contributed by atoms with van der Waals surface area (Å²) in [6, 6.07) is 3.46. The van der Waals surface area contributed by atoms with Crippen molar-refractivity contribution in [1.29, 1.82) is 0 Å². The molecule has 0 bridgehead atoms. The molecule has 0 fully saturated rings. The normalized spacial score (nSPS) is 18.5. The zero-order valence-electron chi connectivity index (χ0n) is 7.71. The number of hydrogen-bond acceptors (Lipinski definition) is 5. The number of alkyl halides is 2. The molecule has 1 heterocycles. The first-order chi connectivity index (χ1) is 7.50. The van der Waals surface area contributed by atoms with Crippen LogP contribution in [-0.2, 0) is 0 Å². The summed E-state index contributed by atoms with van der Waals surface area (Å²) in [6.07, 6.45) is 0. The largest absolute Gasteiger partial charge is 0.459 e. The van der Waals surface area contributed by atoms with Crippen molar-refractivity contribution in [3.8, 4) is 5.75 Å². The Hall–Kier alpha value is -1.57. The molecule has 1 aromatic rings. The number of thiol groups is 1. The van der Waals surface area contributed by atoms with E-state index in [-0.39, 0.29) is 17.1 Å². The first-order valence-electron chi connectivity index (χ1n) is 4.20. The molecule has 0 saturated carbocycles. The molecule has 1 aliphatic rings. The van der Waals surface area contributed by atoms with E-state index in [4.69, 9.17) is 4.74 Å². The van der Waals surface area contributed by atoms with Gasteiger partial charge in [-0.15, -0.1) is 12.6 Å². The van der Waals surface area contributed by atoms with Gasteiger partial charge in [-0.3, -0.25) is 15.0 Å². The zero-order chi connectivity index (χ0) is 11.9. The molecule has 0 amide bonds. The molecule has 0 N–H and O–H groups in total. The van der Waals surface area contributed by atoms with Crippen LogP contribution in [0, 0.1) is 10.1 Å². The van der Waals surface area contributed by atoms with Gasteiger partial charge in [-0.25, -0.2) is 0 Å². The molecular weight excluding hydrogens is 242 g/mol. The third-order valence-corrected chi connectivity index (χ3v) is 2.47. The fraction of sp³-hybridized carbons (Fsp3) is 0.250. The van der Waals surface area contributed by atoms with Gasteiger partial charge in [-0.05, 0) is 6.07 Å². The number of rotatable bonds is 2. The van der Waals surface area contributed by atoms with Gasteiger partial charge in [0, 0.05) is 6.07 Å². The van der Waals surface area contributed by atoms with Crippen molar-refractivity contribution in [3.63, 3.8) is 0 Å². The fourth-order valence-electron chi connectivity index (χ4n) is 1.41. The summed E-state index contributed by atoms with van der Waals surface area (Å²) in [5, 5.41) is 10.5. The van der Waals surface area contributed by atoms with E-state index in [1.807, 2.05) is 0 Å². The van der Waals surface area contributed by atoms with Crippen LogP contribution in [-0.4, -0.2) is 17.0 Å². The SMILES string of the molecule is O=[N+]([O-])c1ccc2c(c1)OC(S)N2C(F)F. The van der Waals surface area contributed by atoms with E-state index in [1.165, 1.54) is 6.07 Å². The van der Waals surface area contributed by atoms with Crippen LogP contribution in [0.4, 0.5) is 20.2 Å². The summed E-state index contributed by atoms with van der Waals surface area (Å²) in [7, 11) is 0. The maximum absolute atomic E-state index is 12.6. The van der Waals surface area contributed by atoms with E-state index in [0.29, 0.717) is 4.90 Å². The average molecular weight is 248 g/mol. The van der Waals surface area contributed by atoms with Crippen LogP contribution in [0.3, 0.4) is 0 Å². The standard InChI is InChI=1S/C8H6F2N2O3S/c9-7(10)11-5-2-1-4(12(13)14)3-6(5)15-8(11)16/h1-3,7-8,16H. The second-order valence-electron chi connectivity index (χ2n) is 3.04. The van der Waals surface area contributed by atoms with E-state index in [0.717, 1.165) is 12.1 Å². The summed E-state index contributed by atoms with van der Waals surface area (Å²) in [6.45, 7) is -2.77. The first-order valence-corrected chi connectivity index (χ1v) is 4.72. The Morgan fingerprint density at radius 3 is 2.81 bits per heavy atom. The number of benzene rings is 1. The smallest absolute Gasteiger partial charge is 0.318 e. The lowest BCUT2D eigenvalue weighted by atomic mass is 10.2. The molecule has 0 radical (unpaired) electrons. The van der Waals surface area contributed by atoms with E-state index < -0.39 is 17.0 Å². The number of halogens is 2. The van der Waals surface area contributed by atoms with E-state index >= 15 is 0 Å². The second-order valence-corrected chi connectivity index (χ2v) is 3.48. The highest BCUT2D eigenvalue weighted by molar-refractivity contribution is 7.80. The van der Waals surface area contributed by atoms with Crippen molar-refractivity contribution >= 4 is 24.0 Å². The monoisotopic (exact) mass is 248 g/mol. The fourth-order valence-corrected chi connectivity index (χ4v) is 1.75. The van der Waals surface area contributed by atoms with E-state index in [2.05, 4.69) is 12.6 Å². The van der Waals surface area contributed by atoms with Gasteiger partial charge in [0.1, 0.15) is 0 Å². The number of non-ortho nitro benzene ring substituents is 1. The summed E-state index contributed by atoms with van der Waals surface area (Å²) < 4.78 is 30.2.